The molecule has 0 saturated carbocycles. The topological polar surface area (TPSA) is 72.4 Å². The summed E-state index contributed by atoms with van der Waals surface area (Å²) < 4.78 is 79.6. The van der Waals surface area contributed by atoms with E-state index in [9.17, 15) is 22.0 Å². The molecule has 1 saturated heterocycles. The van der Waals surface area contributed by atoms with Crippen LogP contribution in [0.15, 0.2) is 24.3 Å². The number of nitrogens with zero attached hydrogens (tertiary/aromatic N) is 4. The molecule has 3 aromatic rings. The number of nitrogens with one attached hydrogen (secondary N) is 1. The predicted octanol–water partition coefficient (Wildman–Crippen LogP) is 5.24. The van der Waals surface area contributed by atoms with Crippen molar-refractivity contribution in [2.24, 2.45) is 0 Å². The molecular formula is C24H26F5N5O2. The van der Waals surface area contributed by atoms with Gasteiger partial charge in [-0.3, -0.25) is 0 Å². The molecule has 1 fully saturated rings. The monoisotopic (exact) mass is 511 g/mol. The Bertz CT molecular complexity index is 1260. The lowest BCUT2D eigenvalue weighted by Crippen LogP contribution is -2.45. The molecule has 1 N–H and O–H groups in total. The fraction of sp³-hybridized carbons (Fsp3) is 0.458. The summed E-state index contributed by atoms with van der Waals surface area (Å²) in [5, 5.41) is 3.43. The number of halogens is 5. The molecule has 3 heterocycles. The minimum absolute atomic E-state index is 0.0589. The number of aromatic nitrogens is 3. The maximum atomic E-state index is 14.7. The number of hydrogen-bond donors (Lipinski definition) is 1. The van der Waals surface area contributed by atoms with Gasteiger partial charge in [-0.15, -0.1) is 0 Å². The highest BCUT2D eigenvalue weighted by Gasteiger charge is 2.35. The van der Waals surface area contributed by atoms with Crippen LogP contribution >= 0.6 is 0 Å². The normalized spacial score (nSPS) is 19.4. The summed E-state index contributed by atoms with van der Waals surface area (Å²) in [6, 6.07) is 3.96. The molecule has 194 valence electrons. The quantitative estimate of drug-likeness (QED) is 0.454. The van der Waals surface area contributed by atoms with Crippen LogP contribution in [0, 0.1) is 12.7 Å². The van der Waals surface area contributed by atoms with Crippen molar-refractivity contribution in [3.63, 3.8) is 0 Å². The van der Waals surface area contributed by atoms with Gasteiger partial charge in [-0.2, -0.15) is 18.2 Å². The van der Waals surface area contributed by atoms with E-state index in [0.717, 1.165) is 6.07 Å². The number of alkyl halides is 4. The lowest BCUT2D eigenvalue weighted by Gasteiger charge is -2.35. The third-order valence-electron chi connectivity index (χ3n) is 6.22. The molecule has 0 aliphatic carbocycles. The van der Waals surface area contributed by atoms with E-state index >= 15 is 0 Å². The lowest BCUT2D eigenvalue weighted by molar-refractivity contribution is -0.140. The molecular weight excluding hydrogens is 485 g/mol. The van der Waals surface area contributed by atoms with Crippen LogP contribution in [0.5, 0.6) is 5.88 Å². The summed E-state index contributed by atoms with van der Waals surface area (Å²) in [6.45, 7) is 3.71. The van der Waals surface area contributed by atoms with Crippen molar-refractivity contribution in [3.8, 4) is 5.88 Å². The van der Waals surface area contributed by atoms with Gasteiger partial charge in [-0.1, -0.05) is 12.1 Å². The van der Waals surface area contributed by atoms with Crippen molar-refractivity contribution >= 4 is 22.5 Å². The number of anilines is 2. The van der Waals surface area contributed by atoms with Crippen LogP contribution < -0.4 is 15.0 Å². The molecule has 0 unspecified atom stereocenters. The van der Waals surface area contributed by atoms with Gasteiger partial charge in [0.25, 0.3) is 0 Å². The van der Waals surface area contributed by atoms with E-state index in [1.165, 1.54) is 27.2 Å². The zero-order valence-electron chi connectivity index (χ0n) is 20.2. The first-order valence-electron chi connectivity index (χ1n) is 11.3. The molecule has 0 spiro atoms. The van der Waals surface area contributed by atoms with Gasteiger partial charge in [0.05, 0.1) is 36.8 Å². The molecule has 2 aromatic heterocycles. The van der Waals surface area contributed by atoms with Gasteiger partial charge in [0.1, 0.15) is 29.3 Å². The SMILES string of the molecule is COc1nc2nc(C)nc(N[C@H](C)c3cccc(C(F)(F)F)c3F)c2cc1N1CC[C@H](OC)[C@H](F)C1. The third kappa shape index (κ3) is 4.99. The zero-order valence-corrected chi connectivity index (χ0v) is 20.2. The average Bonchev–Trinajstić information content (AvgIpc) is 2.82. The molecule has 1 aromatic carbocycles. The van der Waals surface area contributed by atoms with E-state index in [1.54, 1.807) is 17.9 Å². The molecule has 1 aliphatic rings. The molecule has 0 amide bonds. The van der Waals surface area contributed by atoms with Crippen LogP contribution in [0.4, 0.5) is 33.5 Å². The van der Waals surface area contributed by atoms with Crippen LogP contribution in [0.1, 0.15) is 36.3 Å². The summed E-state index contributed by atoms with van der Waals surface area (Å²) in [6.07, 6.45) is -6.09. The Hall–Kier alpha value is -3.28. The largest absolute Gasteiger partial charge is 0.479 e. The van der Waals surface area contributed by atoms with Gasteiger partial charge in [0.15, 0.2) is 5.65 Å². The highest BCUT2D eigenvalue weighted by Crippen LogP contribution is 2.37. The van der Waals surface area contributed by atoms with Crippen LogP contribution in [-0.4, -0.2) is 54.5 Å². The molecule has 3 atom stereocenters. The molecule has 36 heavy (non-hydrogen) atoms. The van der Waals surface area contributed by atoms with Gasteiger partial charge in [-0.05, 0) is 32.4 Å². The van der Waals surface area contributed by atoms with E-state index < -0.39 is 35.9 Å². The number of ether oxygens (including phenoxy) is 2. The maximum Gasteiger partial charge on any atom is 0.419 e. The zero-order chi connectivity index (χ0) is 26.2. The first kappa shape index (κ1) is 25.8. The van der Waals surface area contributed by atoms with Crippen LogP contribution in [0.3, 0.4) is 0 Å². The van der Waals surface area contributed by atoms with Crippen molar-refractivity contribution in [2.75, 3.05) is 37.5 Å². The Morgan fingerprint density at radius 2 is 1.92 bits per heavy atom. The van der Waals surface area contributed by atoms with E-state index in [-0.39, 0.29) is 29.5 Å². The van der Waals surface area contributed by atoms with Gasteiger partial charge in [0.2, 0.25) is 5.88 Å². The number of methoxy groups -OCH3 is 2. The number of benzene rings is 1. The fourth-order valence-electron chi connectivity index (χ4n) is 4.38. The third-order valence-corrected chi connectivity index (χ3v) is 6.22. The standard InChI is InChI=1S/C24H26F5N5O2/c1-12(14-6-5-7-16(20(14)26)24(27,28)29)30-21-15-10-18(34-9-8-19(35-3)17(25)11-34)23(36-4)33-22(15)32-13(2)31-21/h5-7,10,12,17,19H,8-9,11H2,1-4H3,(H,30,31,32,33)/t12-,17-,19+/m1/s1. The summed E-state index contributed by atoms with van der Waals surface area (Å²) >= 11 is 0. The lowest BCUT2D eigenvalue weighted by atomic mass is 10.0. The van der Waals surface area contributed by atoms with Gasteiger partial charge < -0.3 is 19.7 Å². The van der Waals surface area contributed by atoms with Gasteiger partial charge in [0, 0.05) is 19.2 Å². The van der Waals surface area contributed by atoms with E-state index in [0.29, 0.717) is 35.9 Å². The average molecular weight is 511 g/mol. The Labute approximate surface area is 204 Å². The van der Waals surface area contributed by atoms with E-state index in [1.807, 2.05) is 0 Å². The molecule has 7 nitrogen and oxygen atoms in total. The second kappa shape index (κ2) is 10.00. The maximum absolute atomic E-state index is 14.7. The second-order valence-corrected chi connectivity index (χ2v) is 8.60. The Morgan fingerprint density at radius 1 is 1.17 bits per heavy atom. The second-order valence-electron chi connectivity index (χ2n) is 8.60. The smallest absolute Gasteiger partial charge is 0.419 e. The van der Waals surface area contributed by atoms with Crippen molar-refractivity contribution in [1.82, 2.24) is 15.0 Å². The Balaban J connectivity index is 1.74. The first-order chi connectivity index (χ1) is 17.0. The molecule has 4 rings (SSSR count). The molecule has 1 aliphatic heterocycles. The summed E-state index contributed by atoms with van der Waals surface area (Å²) in [4.78, 5) is 15.0. The van der Waals surface area contributed by atoms with Crippen molar-refractivity contribution in [3.05, 3.63) is 47.0 Å². The molecule has 0 radical (unpaired) electrons. The van der Waals surface area contributed by atoms with E-state index in [4.69, 9.17) is 9.47 Å². The predicted molar refractivity (Wildman–Crippen MR) is 125 cm³/mol. The van der Waals surface area contributed by atoms with Gasteiger partial charge in [-0.25, -0.2) is 18.7 Å². The number of hydrogen-bond acceptors (Lipinski definition) is 7. The first-order valence-corrected chi connectivity index (χ1v) is 11.3. The molecule has 12 heteroatoms. The van der Waals surface area contributed by atoms with Crippen molar-refractivity contribution < 1.29 is 31.4 Å². The summed E-state index contributed by atoms with van der Waals surface area (Å²) in [5.74, 6) is -0.516. The number of fused-ring (bicyclic) bond motifs is 1. The Morgan fingerprint density at radius 3 is 2.56 bits per heavy atom. The van der Waals surface area contributed by atoms with Crippen molar-refractivity contribution in [2.45, 2.75) is 44.8 Å². The number of aryl methyl sites for hydroxylation is 1. The Kier molecular flexibility index (Phi) is 7.17. The minimum Gasteiger partial charge on any atom is -0.479 e. The summed E-state index contributed by atoms with van der Waals surface area (Å²) in [5.41, 5.74) is -0.731. The highest BCUT2D eigenvalue weighted by molar-refractivity contribution is 5.90. The van der Waals surface area contributed by atoms with Crippen LogP contribution in [-0.2, 0) is 10.9 Å². The van der Waals surface area contributed by atoms with Crippen LogP contribution in [0.25, 0.3) is 11.0 Å². The minimum atomic E-state index is -4.82. The molecule has 0 bridgehead atoms. The van der Waals surface area contributed by atoms with Crippen LogP contribution in [0.2, 0.25) is 0 Å². The fourth-order valence-corrected chi connectivity index (χ4v) is 4.38. The number of piperidine rings is 1. The highest BCUT2D eigenvalue weighted by atomic mass is 19.4. The number of rotatable bonds is 6. The van der Waals surface area contributed by atoms with Crippen molar-refractivity contribution in [1.29, 1.82) is 0 Å². The van der Waals surface area contributed by atoms with Gasteiger partial charge >= 0.3 is 6.18 Å². The summed E-state index contributed by atoms with van der Waals surface area (Å²) in [7, 11) is 2.91. The number of pyridine rings is 1. The van der Waals surface area contributed by atoms with E-state index in [2.05, 4.69) is 20.3 Å².